The van der Waals surface area contributed by atoms with Crippen LogP contribution >= 0.6 is 7.81 Å². The molecule has 3 N–H and O–H groups in total. The molecule has 2 aromatic carbocycles. The van der Waals surface area contributed by atoms with E-state index in [9.17, 15) is 35.1 Å². The number of fused-ring (bicyclic) bond motifs is 1. The summed E-state index contributed by atoms with van der Waals surface area (Å²) in [6, 6.07) is 17.9. The standard InChI is InChI=1S/C26H33N3O4.F6P/c1-18-24(25(31)33-17-20-6-4-3-5-7-20)23-13-10-21(14-15-30)29(23)26(28-18)27-16-19-8-11-22(32-2)12-9-19;1-7(2,3,4,5)6/h3-9,11-12,18,21,23-24,30H,10,13-17H2,1-2H3,(H,27,28);/q;-1/p+1/t18-,21+,23+,24+;/m1./s1. The Labute approximate surface area is 228 Å². The molecule has 40 heavy (non-hydrogen) atoms. The van der Waals surface area contributed by atoms with Crippen molar-refractivity contribution in [2.45, 2.75) is 57.5 Å². The average molecular weight is 598 g/mol. The molecule has 2 aliphatic rings. The fourth-order valence-corrected chi connectivity index (χ4v) is 5.02. The Hall–Kier alpha value is -3.05. The summed E-state index contributed by atoms with van der Waals surface area (Å²) in [6.07, 6.45) is 2.51. The Morgan fingerprint density at radius 3 is 2.23 bits per heavy atom. The summed E-state index contributed by atoms with van der Waals surface area (Å²) in [7, 11) is -9.00. The van der Waals surface area contributed by atoms with Gasteiger partial charge in [-0.05, 0) is 43.0 Å². The molecule has 1 saturated heterocycles. The number of aliphatic hydroxyl groups excluding tert-OH is 1. The van der Waals surface area contributed by atoms with Gasteiger partial charge in [0.05, 0.1) is 31.8 Å². The van der Waals surface area contributed by atoms with Gasteiger partial charge >= 0.3 is 44.9 Å². The van der Waals surface area contributed by atoms with E-state index in [1.54, 1.807) is 7.11 Å². The third kappa shape index (κ3) is 10.2. The van der Waals surface area contributed by atoms with Crippen LogP contribution in [-0.2, 0) is 22.7 Å². The van der Waals surface area contributed by atoms with Gasteiger partial charge in [-0.15, -0.1) is 0 Å². The first-order valence-electron chi connectivity index (χ1n) is 12.7. The molecule has 224 valence electrons. The van der Waals surface area contributed by atoms with Crippen molar-refractivity contribution in [2.75, 3.05) is 13.7 Å². The zero-order chi connectivity index (χ0) is 29.6. The maximum atomic E-state index is 13.2. The van der Waals surface area contributed by atoms with Crippen molar-refractivity contribution in [1.82, 2.24) is 10.6 Å². The third-order valence-electron chi connectivity index (χ3n) is 6.70. The molecule has 0 saturated carbocycles. The molecule has 0 radical (unpaired) electrons. The monoisotopic (exact) mass is 597 g/mol. The number of rotatable bonds is 8. The predicted molar refractivity (Wildman–Crippen MR) is 140 cm³/mol. The molecule has 2 aromatic rings. The molecule has 7 nitrogen and oxygen atoms in total. The molecule has 14 heteroatoms. The van der Waals surface area contributed by atoms with E-state index in [0.29, 0.717) is 13.0 Å². The summed E-state index contributed by atoms with van der Waals surface area (Å²) in [6.45, 7) is 3.09. The number of nitrogens with one attached hydrogen (secondary N) is 2. The number of aliphatic hydroxyl groups is 1. The zero-order valence-electron chi connectivity index (χ0n) is 22.1. The van der Waals surface area contributed by atoms with Crippen molar-refractivity contribution in [3.05, 3.63) is 65.7 Å². The topological polar surface area (TPSA) is 82.8 Å². The Balaban J connectivity index is 0.000000559. The molecular formula is C26H34F6N3O4P. The van der Waals surface area contributed by atoms with Crippen molar-refractivity contribution in [1.29, 1.82) is 0 Å². The van der Waals surface area contributed by atoms with Gasteiger partial charge in [-0.3, -0.25) is 20.0 Å². The van der Waals surface area contributed by atoms with Gasteiger partial charge in [0.15, 0.2) is 0 Å². The Morgan fingerprint density at radius 2 is 1.65 bits per heavy atom. The first kappa shape index (κ1) is 31.5. The molecule has 1 fully saturated rings. The number of ether oxygens (including phenoxy) is 2. The van der Waals surface area contributed by atoms with Crippen molar-refractivity contribution >= 4 is 19.7 Å². The van der Waals surface area contributed by atoms with Crippen LogP contribution in [0.3, 0.4) is 0 Å². The Kier molecular flexibility index (Phi) is 9.30. The second-order valence-corrected chi connectivity index (χ2v) is 11.7. The Morgan fingerprint density at radius 1 is 1.02 bits per heavy atom. The van der Waals surface area contributed by atoms with Crippen LogP contribution < -0.4 is 15.4 Å². The predicted octanol–water partition coefficient (Wildman–Crippen LogP) is 5.80. The molecule has 2 heterocycles. The van der Waals surface area contributed by atoms with Crippen LogP contribution in [-0.4, -0.2) is 53.5 Å². The van der Waals surface area contributed by atoms with Gasteiger partial charge in [0.2, 0.25) is 0 Å². The number of methoxy groups -OCH3 is 1. The van der Waals surface area contributed by atoms with E-state index in [1.807, 2.05) is 61.5 Å². The molecule has 0 spiro atoms. The summed E-state index contributed by atoms with van der Waals surface area (Å²) < 4.78 is 72.4. The summed E-state index contributed by atoms with van der Waals surface area (Å²) >= 11 is 0. The van der Waals surface area contributed by atoms with Gasteiger partial charge in [-0.1, -0.05) is 42.5 Å². The third-order valence-corrected chi connectivity index (χ3v) is 6.70. The van der Waals surface area contributed by atoms with E-state index in [0.717, 1.165) is 35.7 Å². The van der Waals surface area contributed by atoms with E-state index in [2.05, 4.69) is 15.2 Å². The average Bonchev–Trinajstić information content (AvgIpc) is 3.28. The Bertz CT molecular complexity index is 1170. The second kappa shape index (κ2) is 11.8. The number of esters is 1. The van der Waals surface area contributed by atoms with Gasteiger partial charge in [0.25, 0.3) is 0 Å². The first-order valence-corrected chi connectivity index (χ1v) is 14.7. The number of guanidine groups is 1. The molecule has 0 amide bonds. The number of carbonyl (C=O) groups is 1. The molecule has 0 bridgehead atoms. The number of hydrogen-bond donors (Lipinski definition) is 3. The summed E-state index contributed by atoms with van der Waals surface area (Å²) in [4.78, 5) is 13.2. The van der Waals surface area contributed by atoms with Gasteiger partial charge in [0, 0.05) is 13.0 Å². The van der Waals surface area contributed by atoms with Crippen LogP contribution in [0, 0.1) is 5.92 Å². The summed E-state index contributed by atoms with van der Waals surface area (Å²) in [5.41, 5.74) is 2.12. The summed E-state index contributed by atoms with van der Waals surface area (Å²) in [5, 5.41) is 16.7. The van der Waals surface area contributed by atoms with Gasteiger partial charge in [0.1, 0.15) is 18.3 Å². The van der Waals surface area contributed by atoms with Crippen LogP contribution in [0.15, 0.2) is 54.6 Å². The quantitative estimate of drug-likeness (QED) is 0.155. The van der Waals surface area contributed by atoms with E-state index in [1.165, 1.54) is 0 Å². The molecule has 4 atom stereocenters. The van der Waals surface area contributed by atoms with Crippen LogP contribution in [0.5, 0.6) is 5.75 Å². The van der Waals surface area contributed by atoms with Gasteiger partial charge < -0.3 is 14.6 Å². The SMILES string of the molecule is COc1ccc(CNC2=[N+]3[C@H](CCO)CC[C@H]3[C@@H](C(=O)OCc3ccccc3)[C@@H](C)N2)cc1.F[P-](F)(F)(F)(F)F. The van der Waals surface area contributed by atoms with E-state index >= 15 is 0 Å². The molecule has 0 unspecified atom stereocenters. The van der Waals surface area contributed by atoms with Crippen molar-refractivity contribution in [2.24, 2.45) is 5.92 Å². The van der Waals surface area contributed by atoms with Crippen molar-refractivity contribution in [3.63, 3.8) is 0 Å². The number of nitrogens with zero attached hydrogens (tertiary/aromatic N) is 1. The van der Waals surface area contributed by atoms with Crippen LogP contribution in [0.2, 0.25) is 0 Å². The van der Waals surface area contributed by atoms with Crippen molar-refractivity contribution < 1.29 is 49.1 Å². The van der Waals surface area contributed by atoms with E-state index in [4.69, 9.17) is 9.47 Å². The number of benzene rings is 2. The fraction of sp³-hybridized carbons (Fsp3) is 0.462. The van der Waals surface area contributed by atoms with Crippen LogP contribution in [0.1, 0.15) is 37.3 Å². The first-order chi connectivity index (χ1) is 18.6. The molecule has 0 aromatic heterocycles. The van der Waals surface area contributed by atoms with Crippen LogP contribution in [0.25, 0.3) is 0 Å². The number of halogens is 6. The van der Waals surface area contributed by atoms with E-state index in [-0.39, 0.29) is 43.2 Å². The minimum atomic E-state index is -10.7. The zero-order valence-corrected chi connectivity index (χ0v) is 23.0. The van der Waals surface area contributed by atoms with Crippen molar-refractivity contribution in [3.8, 4) is 5.75 Å². The van der Waals surface area contributed by atoms with Gasteiger partial charge in [-0.25, -0.2) is 0 Å². The number of hydrogen-bond acceptors (Lipinski definition) is 6. The molecule has 2 aliphatic heterocycles. The normalized spacial score (nSPS) is 23.9. The molecule has 4 rings (SSSR count). The number of carbonyl (C=O) groups excluding carboxylic acids is 1. The van der Waals surface area contributed by atoms with E-state index < -0.39 is 7.81 Å². The molecular weight excluding hydrogens is 563 g/mol. The second-order valence-electron chi connectivity index (χ2n) is 9.78. The van der Waals surface area contributed by atoms with Crippen LogP contribution in [0.4, 0.5) is 25.2 Å². The fourth-order valence-electron chi connectivity index (χ4n) is 5.02. The molecule has 0 aliphatic carbocycles. The summed E-state index contributed by atoms with van der Waals surface area (Å²) in [5.74, 6) is 1.30. The maximum absolute atomic E-state index is 13.2. The van der Waals surface area contributed by atoms with Gasteiger partial charge in [-0.2, -0.15) is 0 Å². The minimum absolute atomic E-state index is 0.0411.